The lowest BCUT2D eigenvalue weighted by Crippen LogP contribution is -2.46. The van der Waals surface area contributed by atoms with Crippen LogP contribution < -0.4 is 4.48 Å². The highest BCUT2D eigenvalue weighted by molar-refractivity contribution is 6.34. The molecule has 0 spiro atoms. The molecule has 0 radical (unpaired) electrons. The number of amidine groups is 1. The number of para-hydroxylation sites is 1. The Labute approximate surface area is 188 Å². The summed E-state index contributed by atoms with van der Waals surface area (Å²) in [6.07, 6.45) is 6.39. The van der Waals surface area contributed by atoms with Crippen molar-refractivity contribution in [3.05, 3.63) is 127 Å². The van der Waals surface area contributed by atoms with E-state index in [2.05, 4.69) is 122 Å². The first-order valence-electron chi connectivity index (χ1n) is 10.9. The first kappa shape index (κ1) is 18.7. The van der Waals surface area contributed by atoms with Gasteiger partial charge in [-0.05, 0) is 58.2 Å². The number of fused-ring (bicyclic) bond motifs is 3. The van der Waals surface area contributed by atoms with Crippen molar-refractivity contribution in [2.45, 2.75) is 0 Å². The van der Waals surface area contributed by atoms with Crippen molar-refractivity contribution in [1.29, 1.82) is 0 Å². The number of benzene rings is 4. The summed E-state index contributed by atoms with van der Waals surface area (Å²) in [5.41, 5.74) is 9.70. The number of nitrogens with zero attached hydrogens (tertiary/aromatic N) is 2. The van der Waals surface area contributed by atoms with Gasteiger partial charge in [-0.2, -0.15) is 4.99 Å². The zero-order valence-electron chi connectivity index (χ0n) is 17.9. The van der Waals surface area contributed by atoms with Crippen molar-refractivity contribution in [2.75, 3.05) is 7.05 Å². The van der Waals surface area contributed by atoms with Gasteiger partial charge >= 0.3 is 0 Å². The fourth-order valence-corrected chi connectivity index (χ4v) is 4.78. The number of aliphatic imine (C=N–C) groups is 1. The zero-order chi connectivity index (χ0) is 21.5. The Balaban J connectivity index is 1.60. The summed E-state index contributed by atoms with van der Waals surface area (Å²) in [5.74, 6) is 1.06. The van der Waals surface area contributed by atoms with Crippen LogP contribution in [-0.2, 0) is 0 Å². The van der Waals surface area contributed by atoms with Gasteiger partial charge in [0, 0.05) is 11.6 Å². The molecule has 0 saturated heterocycles. The molecule has 32 heavy (non-hydrogen) atoms. The molecule has 2 aliphatic heterocycles. The third-order valence-electron chi connectivity index (χ3n) is 6.44. The highest BCUT2D eigenvalue weighted by atomic mass is 15.4. The molecule has 0 amide bonds. The second-order valence-electron chi connectivity index (χ2n) is 8.47. The lowest BCUT2D eigenvalue weighted by molar-refractivity contribution is 0.668. The van der Waals surface area contributed by atoms with E-state index in [1.54, 1.807) is 0 Å². The minimum atomic E-state index is 0.595. The molecule has 0 N–H and O–H groups in total. The Kier molecular flexibility index (Phi) is 4.27. The van der Waals surface area contributed by atoms with Gasteiger partial charge in [-0.15, -0.1) is 0 Å². The molecule has 4 aromatic carbocycles. The third kappa shape index (κ3) is 2.96. The molecular weight excluding hydrogens is 388 g/mol. The molecule has 0 saturated carbocycles. The molecule has 0 fully saturated rings. The third-order valence-corrected chi connectivity index (χ3v) is 6.44. The zero-order valence-corrected chi connectivity index (χ0v) is 17.9. The van der Waals surface area contributed by atoms with Crippen molar-refractivity contribution in [3.8, 4) is 22.3 Å². The monoisotopic (exact) mass is 411 g/mol. The van der Waals surface area contributed by atoms with Gasteiger partial charge in [0.05, 0.1) is 18.8 Å². The highest BCUT2D eigenvalue weighted by Crippen LogP contribution is 2.42. The van der Waals surface area contributed by atoms with E-state index in [4.69, 9.17) is 4.99 Å². The minimum absolute atomic E-state index is 0.595. The minimum Gasteiger partial charge on any atom is -0.216 e. The predicted octanol–water partition coefficient (Wildman–Crippen LogP) is 7.40. The van der Waals surface area contributed by atoms with Crippen LogP contribution in [0, 0.1) is 0 Å². The fourth-order valence-electron chi connectivity index (χ4n) is 4.78. The molecule has 2 nitrogen and oxygen atoms in total. The number of hydrogen-bond donors (Lipinski definition) is 0. The summed E-state index contributed by atoms with van der Waals surface area (Å²) < 4.78 is 0.595. The molecule has 4 aromatic rings. The van der Waals surface area contributed by atoms with Crippen molar-refractivity contribution in [2.24, 2.45) is 4.99 Å². The Morgan fingerprint density at radius 2 is 1.16 bits per heavy atom. The van der Waals surface area contributed by atoms with Gasteiger partial charge in [0.2, 0.25) is 5.84 Å². The molecule has 2 heterocycles. The molecule has 1 atom stereocenters. The molecule has 6 rings (SSSR count). The maximum Gasteiger partial charge on any atom is 0.245 e. The second-order valence-corrected chi connectivity index (χ2v) is 8.47. The van der Waals surface area contributed by atoms with E-state index in [0.717, 1.165) is 5.84 Å². The quantitative estimate of drug-likeness (QED) is 0.312. The van der Waals surface area contributed by atoms with E-state index < -0.39 is 0 Å². The van der Waals surface area contributed by atoms with Gasteiger partial charge in [0.1, 0.15) is 6.20 Å². The van der Waals surface area contributed by atoms with Gasteiger partial charge in [0.25, 0.3) is 0 Å². The molecule has 0 bridgehead atoms. The number of quaternary nitrogens is 1. The Bertz CT molecular complexity index is 1350. The summed E-state index contributed by atoms with van der Waals surface area (Å²) >= 11 is 0. The van der Waals surface area contributed by atoms with Crippen LogP contribution in [0.25, 0.3) is 33.9 Å². The van der Waals surface area contributed by atoms with Gasteiger partial charge < -0.3 is 0 Å². The Morgan fingerprint density at radius 3 is 1.81 bits per heavy atom. The van der Waals surface area contributed by atoms with Crippen LogP contribution in [0.2, 0.25) is 0 Å². The first-order valence-corrected chi connectivity index (χ1v) is 10.9. The summed E-state index contributed by atoms with van der Waals surface area (Å²) in [5, 5.41) is 0. The first-order chi connectivity index (χ1) is 15.7. The summed E-state index contributed by atoms with van der Waals surface area (Å²) in [6.45, 7) is 0. The molecular formula is C30H23N2+. The van der Waals surface area contributed by atoms with Gasteiger partial charge in [-0.3, -0.25) is 0 Å². The van der Waals surface area contributed by atoms with Gasteiger partial charge in [-0.25, -0.2) is 4.48 Å². The van der Waals surface area contributed by atoms with E-state index in [1.165, 1.54) is 44.6 Å². The summed E-state index contributed by atoms with van der Waals surface area (Å²) in [4.78, 5) is 4.83. The molecule has 1 unspecified atom stereocenters. The van der Waals surface area contributed by atoms with E-state index in [0.29, 0.717) is 4.48 Å². The number of hydrogen-bond acceptors (Lipinski definition) is 1. The molecule has 2 heteroatoms. The van der Waals surface area contributed by atoms with Crippen molar-refractivity contribution < 1.29 is 0 Å². The van der Waals surface area contributed by atoms with Crippen LogP contribution in [0.1, 0.15) is 11.1 Å². The smallest absolute Gasteiger partial charge is 0.216 e. The predicted molar refractivity (Wildman–Crippen MR) is 136 cm³/mol. The topological polar surface area (TPSA) is 12.4 Å². The Hall–Kier alpha value is -4.01. The molecule has 2 aliphatic rings. The van der Waals surface area contributed by atoms with Crippen LogP contribution in [0.3, 0.4) is 0 Å². The Morgan fingerprint density at radius 1 is 0.594 bits per heavy atom. The van der Waals surface area contributed by atoms with Crippen LogP contribution in [-0.4, -0.2) is 12.9 Å². The maximum absolute atomic E-state index is 4.83. The summed E-state index contributed by atoms with van der Waals surface area (Å²) in [6, 6.07) is 36.7. The normalized spacial score (nSPS) is 18.5. The number of likely N-dealkylation sites (N-methyl/N-ethyl adjacent to an activating group) is 1. The molecule has 152 valence electrons. The van der Waals surface area contributed by atoms with Crippen LogP contribution >= 0.6 is 0 Å². The fraction of sp³-hybridized carbons (Fsp3) is 0.0333. The lowest BCUT2D eigenvalue weighted by atomic mass is 9.89. The molecule has 0 aromatic heterocycles. The van der Waals surface area contributed by atoms with E-state index in [-0.39, 0.29) is 0 Å². The van der Waals surface area contributed by atoms with Gasteiger partial charge in [-0.1, -0.05) is 72.8 Å². The van der Waals surface area contributed by atoms with Crippen molar-refractivity contribution in [3.63, 3.8) is 0 Å². The number of rotatable bonds is 3. The standard InChI is InChI=1S/C30H23N2/c1-32-17-16-31-30(32)28(21-24-14-8-9-15-29(24)32)27-19-25(22-10-4-2-5-11-22)18-26(20-27)23-12-6-3-7-13-23/h2-21H,1H3/q+1. The van der Waals surface area contributed by atoms with E-state index in [1.807, 2.05) is 6.20 Å². The maximum atomic E-state index is 4.83. The average Bonchev–Trinajstić information content (AvgIpc) is 3.27. The average molecular weight is 412 g/mol. The summed E-state index contributed by atoms with van der Waals surface area (Å²) in [7, 11) is 2.22. The van der Waals surface area contributed by atoms with E-state index in [9.17, 15) is 0 Å². The van der Waals surface area contributed by atoms with Crippen LogP contribution in [0.4, 0.5) is 5.69 Å². The van der Waals surface area contributed by atoms with Gasteiger partial charge in [0.15, 0.2) is 5.69 Å². The highest BCUT2D eigenvalue weighted by Gasteiger charge is 2.41. The molecule has 0 aliphatic carbocycles. The van der Waals surface area contributed by atoms with Crippen LogP contribution in [0.15, 0.2) is 121 Å². The van der Waals surface area contributed by atoms with Crippen LogP contribution in [0.5, 0.6) is 0 Å². The second kappa shape index (κ2) is 7.30. The van der Waals surface area contributed by atoms with Crippen molar-refractivity contribution in [1.82, 2.24) is 4.48 Å². The largest absolute Gasteiger partial charge is 0.245 e. The lowest BCUT2D eigenvalue weighted by Gasteiger charge is -2.33. The van der Waals surface area contributed by atoms with E-state index >= 15 is 0 Å². The SMILES string of the molecule is C[N+]12C=CN=C1C(c1cc(-c3ccccc3)cc(-c3ccccc3)c1)=Cc1ccccc12. The van der Waals surface area contributed by atoms with Crippen molar-refractivity contribution >= 4 is 23.2 Å².